The van der Waals surface area contributed by atoms with Gasteiger partial charge in [0.2, 0.25) is 0 Å². The van der Waals surface area contributed by atoms with Gasteiger partial charge < -0.3 is 4.98 Å². The monoisotopic (exact) mass is 299 g/mol. The van der Waals surface area contributed by atoms with Gasteiger partial charge in [0.25, 0.3) is 0 Å². The van der Waals surface area contributed by atoms with Gasteiger partial charge in [0.05, 0.1) is 4.83 Å². The molecule has 1 heterocycles. The Morgan fingerprint density at radius 3 is 2.81 bits per heavy atom. The lowest BCUT2D eigenvalue weighted by Gasteiger charge is -2.02. The van der Waals surface area contributed by atoms with Crippen molar-refractivity contribution in [1.29, 1.82) is 0 Å². The zero-order valence-corrected chi connectivity index (χ0v) is 11.3. The quantitative estimate of drug-likeness (QED) is 0.657. The van der Waals surface area contributed by atoms with Crippen LogP contribution < -0.4 is 0 Å². The number of fused-ring (bicyclic) bond motifs is 1. The zero-order chi connectivity index (χ0) is 11.9. The van der Waals surface area contributed by atoms with E-state index in [1.165, 1.54) is 0 Å². The van der Waals surface area contributed by atoms with Gasteiger partial charge in [-0.05, 0) is 32.0 Å². The summed E-state index contributed by atoms with van der Waals surface area (Å²) in [6.07, 6.45) is 0. The van der Waals surface area contributed by atoms with Gasteiger partial charge in [-0.25, -0.2) is 0 Å². The SMILES string of the molecule is Cc1[nH]c2ccc(Cl)cc2c1C(=O)[C@H](C)Br. The maximum atomic E-state index is 12.0. The summed E-state index contributed by atoms with van der Waals surface area (Å²) in [6.45, 7) is 3.72. The van der Waals surface area contributed by atoms with Crippen LogP contribution in [0.15, 0.2) is 18.2 Å². The first-order valence-corrected chi connectivity index (χ1v) is 6.26. The zero-order valence-electron chi connectivity index (χ0n) is 8.97. The van der Waals surface area contributed by atoms with E-state index < -0.39 is 0 Å². The lowest BCUT2D eigenvalue weighted by atomic mass is 10.1. The van der Waals surface area contributed by atoms with E-state index in [4.69, 9.17) is 11.6 Å². The Morgan fingerprint density at radius 2 is 2.19 bits per heavy atom. The number of nitrogens with one attached hydrogen (secondary N) is 1. The number of carbonyl (C=O) groups excluding carboxylic acids is 1. The molecule has 0 amide bonds. The Morgan fingerprint density at radius 1 is 1.50 bits per heavy atom. The average molecular weight is 301 g/mol. The first-order valence-electron chi connectivity index (χ1n) is 4.97. The summed E-state index contributed by atoms with van der Waals surface area (Å²) in [5.41, 5.74) is 2.55. The second kappa shape index (κ2) is 4.22. The van der Waals surface area contributed by atoms with Crippen LogP contribution in [-0.4, -0.2) is 15.6 Å². The Labute approximate surface area is 107 Å². The topological polar surface area (TPSA) is 32.9 Å². The standard InChI is InChI=1S/C12H11BrClNO/c1-6(13)12(16)11-7(2)15-10-4-3-8(14)5-9(10)11/h3-6,15H,1-2H3/t6-/m0/s1. The van der Waals surface area contributed by atoms with Crippen LogP contribution in [0.1, 0.15) is 23.0 Å². The van der Waals surface area contributed by atoms with Crippen molar-refractivity contribution >= 4 is 44.2 Å². The number of halogens is 2. The van der Waals surface area contributed by atoms with Crippen molar-refractivity contribution in [1.82, 2.24) is 4.98 Å². The molecule has 84 valence electrons. The first kappa shape index (κ1) is 11.7. The minimum atomic E-state index is -0.191. The molecule has 0 saturated heterocycles. The van der Waals surface area contributed by atoms with Crippen molar-refractivity contribution in [2.24, 2.45) is 0 Å². The van der Waals surface area contributed by atoms with Gasteiger partial charge in [-0.1, -0.05) is 27.5 Å². The summed E-state index contributed by atoms with van der Waals surface area (Å²) in [7, 11) is 0. The number of hydrogen-bond donors (Lipinski definition) is 1. The summed E-state index contributed by atoms with van der Waals surface area (Å²) in [6, 6.07) is 5.52. The minimum absolute atomic E-state index is 0.0750. The number of hydrogen-bond acceptors (Lipinski definition) is 1. The van der Waals surface area contributed by atoms with Crippen molar-refractivity contribution in [2.75, 3.05) is 0 Å². The van der Waals surface area contributed by atoms with Gasteiger partial charge in [-0.3, -0.25) is 4.79 Å². The van der Waals surface area contributed by atoms with Crippen LogP contribution in [0.25, 0.3) is 10.9 Å². The maximum absolute atomic E-state index is 12.0. The predicted molar refractivity (Wildman–Crippen MR) is 70.8 cm³/mol. The molecule has 0 unspecified atom stereocenters. The van der Waals surface area contributed by atoms with Crippen LogP contribution in [0, 0.1) is 6.92 Å². The van der Waals surface area contributed by atoms with Crippen molar-refractivity contribution in [3.05, 3.63) is 34.5 Å². The van der Waals surface area contributed by atoms with Crippen LogP contribution in [-0.2, 0) is 0 Å². The molecule has 0 bridgehead atoms. The highest BCUT2D eigenvalue weighted by Gasteiger charge is 2.19. The largest absolute Gasteiger partial charge is 0.358 e. The van der Waals surface area contributed by atoms with Crippen molar-refractivity contribution in [2.45, 2.75) is 18.7 Å². The first-order chi connectivity index (χ1) is 7.50. The molecule has 0 aliphatic rings. The number of alkyl halides is 1. The number of carbonyl (C=O) groups is 1. The second-order valence-electron chi connectivity index (χ2n) is 3.80. The molecule has 0 aliphatic heterocycles. The molecule has 0 spiro atoms. The Bertz CT molecular complexity index is 559. The predicted octanol–water partition coefficient (Wildman–Crippen LogP) is 4.10. The number of Topliss-reactive ketones (excluding diaryl/α,β-unsaturated/α-hetero) is 1. The van der Waals surface area contributed by atoms with Crippen molar-refractivity contribution in [3.8, 4) is 0 Å². The summed E-state index contributed by atoms with van der Waals surface area (Å²) >= 11 is 9.25. The highest BCUT2D eigenvalue weighted by Crippen LogP contribution is 2.27. The van der Waals surface area contributed by atoms with Crippen LogP contribution in [0.4, 0.5) is 0 Å². The highest BCUT2D eigenvalue weighted by atomic mass is 79.9. The summed E-state index contributed by atoms with van der Waals surface area (Å²) in [4.78, 5) is 15.0. The Kier molecular flexibility index (Phi) is 3.08. The third-order valence-corrected chi connectivity index (χ3v) is 3.21. The second-order valence-corrected chi connectivity index (χ2v) is 5.61. The van der Waals surface area contributed by atoms with Crippen molar-refractivity contribution < 1.29 is 4.79 Å². The fourth-order valence-electron chi connectivity index (χ4n) is 1.82. The lowest BCUT2D eigenvalue weighted by molar-refractivity contribution is 0.0997. The molecule has 0 saturated carbocycles. The van der Waals surface area contributed by atoms with Gasteiger partial charge >= 0.3 is 0 Å². The van der Waals surface area contributed by atoms with Crippen molar-refractivity contribution in [3.63, 3.8) is 0 Å². The lowest BCUT2D eigenvalue weighted by Crippen LogP contribution is -2.10. The molecule has 16 heavy (non-hydrogen) atoms. The minimum Gasteiger partial charge on any atom is -0.358 e. The van der Waals surface area contributed by atoms with Gasteiger partial charge in [0.1, 0.15) is 0 Å². The summed E-state index contributed by atoms with van der Waals surface area (Å²) in [5.74, 6) is 0.0750. The van der Waals surface area contributed by atoms with E-state index in [9.17, 15) is 4.79 Å². The number of H-pyrrole nitrogens is 1. The molecule has 2 nitrogen and oxygen atoms in total. The molecule has 1 N–H and O–H groups in total. The highest BCUT2D eigenvalue weighted by molar-refractivity contribution is 9.10. The van der Waals surface area contributed by atoms with Crippen LogP contribution >= 0.6 is 27.5 Å². The van der Waals surface area contributed by atoms with E-state index in [2.05, 4.69) is 20.9 Å². The molecule has 1 aromatic carbocycles. The van der Waals surface area contributed by atoms with Gasteiger partial charge in [-0.2, -0.15) is 0 Å². The molecule has 1 atom stereocenters. The fourth-order valence-corrected chi connectivity index (χ4v) is 2.22. The molecular weight excluding hydrogens is 289 g/mol. The van der Waals surface area contributed by atoms with Gasteiger partial charge in [0.15, 0.2) is 5.78 Å². The van der Waals surface area contributed by atoms with E-state index >= 15 is 0 Å². The van der Waals surface area contributed by atoms with Gasteiger partial charge in [0, 0.05) is 27.2 Å². The Hall–Kier alpha value is -0.800. The molecule has 0 fully saturated rings. The van der Waals surface area contributed by atoms with E-state index in [0.717, 1.165) is 22.2 Å². The van der Waals surface area contributed by atoms with E-state index in [1.54, 1.807) is 0 Å². The number of benzene rings is 1. The molecule has 2 rings (SSSR count). The molecule has 1 aromatic heterocycles. The Balaban J connectivity index is 2.72. The molecule has 2 aromatic rings. The number of aromatic amines is 1. The molecular formula is C12H11BrClNO. The van der Waals surface area contributed by atoms with Gasteiger partial charge in [-0.15, -0.1) is 0 Å². The van der Waals surface area contributed by atoms with E-state index in [0.29, 0.717) is 5.02 Å². The summed E-state index contributed by atoms with van der Waals surface area (Å²) < 4.78 is 0. The average Bonchev–Trinajstić information content (AvgIpc) is 2.52. The number of ketones is 1. The van der Waals surface area contributed by atoms with Crippen LogP contribution in [0.3, 0.4) is 0 Å². The normalized spacial score (nSPS) is 13.0. The third-order valence-electron chi connectivity index (χ3n) is 2.56. The number of aromatic nitrogens is 1. The van der Waals surface area contributed by atoms with E-state index in [-0.39, 0.29) is 10.6 Å². The maximum Gasteiger partial charge on any atom is 0.178 e. The smallest absolute Gasteiger partial charge is 0.178 e. The number of aryl methyl sites for hydroxylation is 1. The molecule has 0 aliphatic carbocycles. The number of rotatable bonds is 2. The molecule has 0 radical (unpaired) electrons. The summed E-state index contributed by atoms with van der Waals surface area (Å²) in [5, 5.41) is 1.53. The van der Waals surface area contributed by atoms with Crippen LogP contribution in [0.5, 0.6) is 0 Å². The fraction of sp³-hybridized carbons (Fsp3) is 0.250. The molecule has 4 heteroatoms. The van der Waals surface area contributed by atoms with Crippen LogP contribution in [0.2, 0.25) is 5.02 Å². The van der Waals surface area contributed by atoms with E-state index in [1.807, 2.05) is 32.0 Å². The third kappa shape index (κ3) is 1.89.